The van der Waals surface area contributed by atoms with E-state index in [2.05, 4.69) is 0 Å². The zero-order chi connectivity index (χ0) is 8.85. The van der Waals surface area contributed by atoms with Gasteiger partial charge >= 0.3 is 0 Å². The van der Waals surface area contributed by atoms with Gasteiger partial charge in [-0.2, -0.15) is 0 Å². The van der Waals surface area contributed by atoms with E-state index in [-0.39, 0.29) is 12.3 Å². The highest BCUT2D eigenvalue weighted by Gasteiger charge is 2.10. The predicted molar refractivity (Wildman–Crippen MR) is 37.0 cm³/mol. The Balaban J connectivity index is 3.51. The quantitative estimate of drug-likeness (QED) is 0.505. The van der Waals surface area contributed by atoms with Crippen LogP contribution >= 0.6 is 11.6 Å². The Labute approximate surface area is 69.4 Å². The third-order valence-corrected chi connectivity index (χ3v) is 1.48. The Kier molecular flexibility index (Phi) is 5.19. The van der Waals surface area contributed by atoms with Crippen LogP contribution in [0.5, 0.6) is 0 Å². The summed E-state index contributed by atoms with van der Waals surface area (Å²) in [5.41, 5.74) is 0. The first-order valence-corrected chi connectivity index (χ1v) is 3.71. The molecule has 0 fully saturated rings. The molecule has 2 N–H and O–H groups in total. The SMILES string of the molecule is O=C([O-])CC(O)CC(O)CCl. The second kappa shape index (κ2) is 5.35. The molecule has 0 aliphatic carbocycles. The third-order valence-electron chi connectivity index (χ3n) is 1.12. The summed E-state index contributed by atoms with van der Waals surface area (Å²) in [6.45, 7) is 0. The number of aliphatic carboxylic acids is 1. The zero-order valence-corrected chi connectivity index (χ0v) is 6.62. The molecule has 0 radical (unpaired) electrons. The number of halogens is 1. The van der Waals surface area contributed by atoms with Crippen molar-refractivity contribution in [1.29, 1.82) is 0 Å². The Bertz CT molecular complexity index is 128. The van der Waals surface area contributed by atoms with Crippen LogP contribution < -0.4 is 5.11 Å². The first-order valence-electron chi connectivity index (χ1n) is 3.18. The van der Waals surface area contributed by atoms with Crippen molar-refractivity contribution in [2.45, 2.75) is 25.0 Å². The molecule has 0 rings (SSSR count). The van der Waals surface area contributed by atoms with Crippen LogP contribution in [0.4, 0.5) is 0 Å². The summed E-state index contributed by atoms with van der Waals surface area (Å²) in [5.74, 6) is -1.34. The van der Waals surface area contributed by atoms with E-state index >= 15 is 0 Å². The second-order valence-corrected chi connectivity index (χ2v) is 2.58. The Morgan fingerprint density at radius 2 is 2.00 bits per heavy atom. The molecule has 2 unspecified atom stereocenters. The van der Waals surface area contributed by atoms with Gasteiger partial charge in [-0.15, -0.1) is 11.6 Å². The summed E-state index contributed by atoms with van der Waals surface area (Å²) in [7, 11) is 0. The van der Waals surface area contributed by atoms with Crippen molar-refractivity contribution in [3.63, 3.8) is 0 Å². The van der Waals surface area contributed by atoms with Gasteiger partial charge in [0, 0.05) is 24.7 Å². The molecule has 0 amide bonds. The number of aliphatic hydroxyl groups excluding tert-OH is 2. The monoisotopic (exact) mass is 181 g/mol. The fraction of sp³-hybridized carbons (Fsp3) is 0.833. The molecule has 0 aromatic carbocycles. The number of carboxylic acids is 1. The van der Waals surface area contributed by atoms with E-state index in [4.69, 9.17) is 21.8 Å². The van der Waals surface area contributed by atoms with Crippen molar-refractivity contribution in [2.75, 3.05) is 5.88 Å². The predicted octanol–water partition coefficient (Wildman–Crippen LogP) is -1.52. The van der Waals surface area contributed by atoms with Gasteiger partial charge < -0.3 is 20.1 Å². The molecule has 0 bridgehead atoms. The van der Waals surface area contributed by atoms with Gasteiger partial charge in [0.05, 0.1) is 12.2 Å². The van der Waals surface area contributed by atoms with Crippen molar-refractivity contribution in [2.24, 2.45) is 0 Å². The summed E-state index contributed by atoms with van der Waals surface area (Å²) in [6.07, 6.45) is -2.43. The van der Waals surface area contributed by atoms with Gasteiger partial charge in [-0.3, -0.25) is 0 Å². The molecule has 0 saturated heterocycles. The normalized spacial score (nSPS) is 15.9. The van der Waals surface area contributed by atoms with Crippen LogP contribution in [-0.2, 0) is 4.79 Å². The molecule has 0 saturated carbocycles. The van der Waals surface area contributed by atoms with E-state index in [0.29, 0.717) is 0 Å². The maximum Gasteiger partial charge on any atom is 0.0700 e. The molecule has 5 heteroatoms. The van der Waals surface area contributed by atoms with Crippen molar-refractivity contribution in [3.8, 4) is 0 Å². The minimum absolute atomic E-state index is 0.00981. The average Bonchev–Trinajstić information content (AvgIpc) is 1.85. The second-order valence-electron chi connectivity index (χ2n) is 2.27. The van der Waals surface area contributed by atoms with E-state index in [0.717, 1.165) is 0 Å². The molecule has 0 aromatic heterocycles. The lowest BCUT2D eigenvalue weighted by atomic mass is 10.1. The van der Waals surface area contributed by atoms with Crippen LogP contribution in [0.15, 0.2) is 0 Å². The first kappa shape index (κ1) is 10.7. The van der Waals surface area contributed by atoms with Crippen molar-refractivity contribution < 1.29 is 20.1 Å². The fourth-order valence-electron chi connectivity index (χ4n) is 0.653. The van der Waals surface area contributed by atoms with Gasteiger partial charge in [-0.1, -0.05) is 0 Å². The van der Waals surface area contributed by atoms with Crippen LogP contribution in [0.3, 0.4) is 0 Å². The molecule has 0 aliphatic heterocycles. The first-order chi connectivity index (χ1) is 5.06. The summed E-state index contributed by atoms with van der Waals surface area (Å²) < 4.78 is 0. The van der Waals surface area contributed by atoms with E-state index in [1.54, 1.807) is 0 Å². The third kappa shape index (κ3) is 6.09. The molecule has 2 atom stereocenters. The summed E-state index contributed by atoms with van der Waals surface area (Å²) >= 11 is 5.21. The maximum atomic E-state index is 9.89. The summed E-state index contributed by atoms with van der Waals surface area (Å²) in [5, 5.41) is 27.6. The molecule has 4 nitrogen and oxygen atoms in total. The molecule has 0 aliphatic rings. The fourth-order valence-corrected chi connectivity index (χ4v) is 0.779. The molecule has 0 aromatic rings. The lowest BCUT2D eigenvalue weighted by Gasteiger charge is -2.13. The molecule has 0 spiro atoms. The standard InChI is InChI=1S/C6H11ClO4/c7-3-5(9)1-4(8)2-6(10)11/h4-5,8-9H,1-3H2,(H,10,11)/p-1. The van der Waals surface area contributed by atoms with Crippen molar-refractivity contribution >= 4 is 17.6 Å². The van der Waals surface area contributed by atoms with Crippen LogP contribution in [0.2, 0.25) is 0 Å². The molecule has 66 valence electrons. The smallest absolute Gasteiger partial charge is 0.0700 e. The lowest BCUT2D eigenvalue weighted by molar-refractivity contribution is -0.307. The largest absolute Gasteiger partial charge is 0.550 e. The van der Waals surface area contributed by atoms with Crippen LogP contribution in [0.25, 0.3) is 0 Å². The number of rotatable bonds is 5. The number of carbonyl (C=O) groups excluding carboxylic acids is 1. The van der Waals surface area contributed by atoms with Crippen LogP contribution in [-0.4, -0.2) is 34.3 Å². The Morgan fingerprint density at radius 1 is 1.45 bits per heavy atom. The molecular weight excluding hydrogens is 172 g/mol. The number of hydrogen-bond donors (Lipinski definition) is 2. The lowest BCUT2D eigenvalue weighted by Crippen LogP contribution is -2.29. The van der Waals surface area contributed by atoms with Gasteiger partial charge in [-0.25, -0.2) is 0 Å². The van der Waals surface area contributed by atoms with Crippen molar-refractivity contribution in [3.05, 3.63) is 0 Å². The highest BCUT2D eigenvalue weighted by Crippen LogP contribution is 2.02. The topological polar surface area (TPSA) is 80.6 Å². The molecule has 11 heavy (non-hydrogen) atoms. The van der Waals surface area contributed by atoms with Gasteiger partial charge in [0.1, 0.15) is 0 Å². The van der Waals surface area contributed by atoms with Crippen molar-refractivity contribution in [1.82, 2.24) is 0 Å². The van der Waals surface area contributed by atoms with E-state index < -0.39 is 24.6 Å². The number of carbonyl (C=O) groups is 1. The van der Waals surface area contributed by atoms with E-state index in [1.807, 2.05) is 0 Å². The average molecular weight is 182 g/mol. The highest BCUT2D eigenvalue weighted by molar-refractivity contribution is 6.18. The number of aliphatic hydroxyl groups is 2. The van der Waals surface area contributed by atoms with Gasteiger partial charge in [-0.05, 0) is 0 Å². The van der Waals surface area contributed by atoms with E-state index in [9.17, 15) is 9.90 Å². The number of carboxylic acid groups (broad SMARTS) is 1. The maximum absolute atomic E-state index is 9.89. The number of alkyl halides is 1. The van der Waals surface area contributed by atoms with Gasteiger partial charge in [0.15, 0.2) is 0 Å². The molecule has 0 heterocycles. The molecular formula is C6H10ClO4-. The van der Waals surface area contributed by atoms with Crippen LogP contribution in [0, 0.1) is 0 Å². The van der Waals surface area contributed by atoms with E-state index in [1.165, 1.54) is 0 Å². The summed E-state index contributed by atoms with van der Waals surface area (Å²) in [4.78, 5) is 9.89. The zero-order valence-electron chi connectivity index (χ0n) is 5.86. The Morgan fingerprint density at radius 3 is 2.36 bits per heavy atom. The van der Waals surface area contributed by atoms with Crippen LogP contribution in [0.1, 0.15) is 12.8 Å². The number of hydrogen-bond acceptors (Lipinski definition) is 4. The summed E-state index contributed by atoms with van der Waals surface area (Å²) in [6, 6.07) is 0. The minimum atomic E-state index is -1.33. The van der Waals surface area contributed by atoms with Gasteiger partial charge in [0.25, 0.3) is 0 Å². The van der Waals surface area contributed by atoms with Gasteiger partial charge in [0.2, 0.25) is 0 Å². The minimum Gasteiger partial charge on any atom is -0.550 e. The highest BCUT2D eigenvalue weighted by atomic mass is 35.5. The Hall–Kier alpha value is -0.320.